The molecule has 1 aromatic heterocycles. The molecule has 0 aliphatic carbocycles. The lowest BCUT2D eigenvalue weighted by atomic mass is 9.98. The molecule has 2 aromatic rings. The highest BCUT2D eigenvalue weighted by Crippen LogP contribution is 2.43. The molecule has 1 unspecified atom stereocenters. The fraction of sp³-hybridized carbons (Fsp3) is 0.381. The van der Waals surface area contributed by atoms with Crippen LogP contribution in [0.3, 0.4) is 0 Å². The number of thiophene rings is 1. The summed E-state index contributed by atoms with van der Waals surface area (Å²) in [6, 6.07) is 11.2. The first-order valence-electron chi connectivity index (χ1n) is 9.54. The first kappa shape index (κ1) is 18.7. The van der Waals surface area contributed by atoms with Crippen LogP contribution >= 0.6 is 11.3 Å². The van der Waals surface area contributed by atoms with Gasteiger partial charge < -0.3 is 10.2 Å². The number of carbonyl (C=O) groups is 3. The normalized spacial score (nSPS) is 20.9. The van der Waals surface area contributed by atoms with Crippen LogP contribution in [-0.2, 0) is 16.1 Å². The van der Waals surface area contributed by atoms with Crippen LogP contribution in [0.1, 0.15) is 47.8 Å². The van der Waals surface area contributed by atoms with Gasteiger partial charge in [-0.3, -0.25) is 19.3 Å². The van der Waals surface area contributed by atoms with Gasteiger partial charge in [0.25, 0.3) is 5.91 Å². The Morgan fingerprint density at radius 2 is 2.04 bits per heavy atom. The molecule has 3 amide bonds. The minimum Gasteiger partial charge on any atom is -0.351 e. The molecule has 2 aliphatic heterocycles. The lowest BCUT2D eigenvalue weighted by Crippen LogP contribution is -2.62. The Labute approximate surface area is 168 Å². The number of benzene rings is 1. The van der Waals surface area contributed by atoms with Crippen LogP contribution in [0.15, 0.2) is 41.8 Å². The third-order valence-electron chi connectivity index (χ3n) is 5.57. The Balaban J connectivity index is 1.43. The number of anilines is 1. The predicted octanol–water partition coefficient (Wildman–Crippen LogP) is 3.14. The van der Waals surface area contributed by atoms with E-state index in [1.165, 1.54) is 0 Å². The van der Waals surface area contributed by atoms with Crippen molar-refractivity contribution >= 4 is 34.7 Å². The number of nitrogens with zero attached hydrogens (tertiary/aromatic N) is 2. The highest BCUT2D eigenvalue weighted by molar-refractivity contribution is 7.09. The Morgan fingerprint density at radius 3 is 2.82 bits per heavy atom. The minimum atomic E-state index is -0.657. The second-order valence-corrected chi connectivity index (χ2v) is 8.41. The molecule has 0 saturated carbocycles. The van der Waals surface area contributed by atoms with Gasteiger partial charge in [-0.2, -0.15) is 0 Å². The fourth-order valence-electron chi connectivity index (χ4n) is 4.13. The molecule has 146 valence electrons. The van der Waals surface area contributed by atoms with Gasteiger partial charge in [-0.05, 0) is 43.3 Å². The standard InChI is InChI=1S/C21H23N3O3S/c1-21-11-10-19(26)24(21)17-8-3-2-7-16(17)20(27)23(21)12-4-9-18(25)22-14-15-6-5-13-28-15/h2-3,5-8,13H,4,9-12,14H2,1H3,(H,22,25). The average molecular weight is 398 g/mol. The number of para-hydroxylation sites is 1. The van der Waals surface area contributed by atoms with Gasteiger partial charge in [0, 0.05) is 24.3 Å². The summed E-state index contributed by atoms with van der Waals surface area (Å²) in [6.45, 7) is 2.93. The van der Waals surface area contributed by atoms with Crippen molar-refractivity contribution in [1.82, 2.24) is 10.2 Å². The van der Waals surface area contributed by atoms with Crippen LogP contribution in [0.4, 0.5) is 5.69 Å². The van der Waals surface area contributed by atoms with Crippen LogP contribution in [0, 0.1) is 0 Å². The number of hydrogen-bond acceptors (Lipinski definition) is 4. The predicted molar refractivity (Wildman–Crippen MR) is 108 cm³/mol. The molecule has 0 spiro atoms. The summed E-state index contributed by atoms with van der Waals surface area (Å²) < 4.78 is 0. The lowest BCUT2D eigenvalue weighted by molar-refractivity contribution is -0.121. The molecule has 1 fully saturated rings. The SMILES string of the molecule is CC12CCC(=O)N1c1ccccc1C(=O)N2CCCC(=O)NCc1cccs1. The average Bonchev–Trinajstić information content (AvgIpc) is 3.31. The molecule has 1 saturated heterocycles. The van der Waals surface area contributed by atoms with Gasteiger partial charge in [0.05, 0.1) is 17.8 Å². The van der Waals surface area contributed by atoms with Gasteiger partial charge in [-0.25, -0.2) is 0 Å². The molecule has 3 heterocycles. The molecule has 4 rings (SSSR count). The molecule has 28 heavy (non-hydrogen) atoms. The number of amides is 3. The van der Waals surface area contributed by atoms with Gasteiger partial charge in [0.2, 0.25) is 11.8 Å². The van der Waals surface area contributed by atoms with Crippen LogP contribution in [0.2, 0.25) is 0 Å². The smallest absolute Gasteiger partial charge is 0.257 e. The molecule has 1 N–H and O–H groups in total. The third kappa shape index (κ3) is 3.20. The van der Waals surface area contributed by atoms with Gasteiger partial charge in [0.15, 0.2) is 0 Å². The van der Waals surface area contributed by atoms with Crippen LogP contribution in [0.5, 0.6) is 0 Å². The van der Waals surface area contributed by atoms with Crippen molar-refractivity contribution in [1.29, 1.82) is 0 Å². The van der Waals surface area contributed by atoms with Crippen molar-refractivity contribution in [2.75, 3.05) is 11.4 Å². The van der Waals surface area contributed by atoms with Crippen LogP contribution in [0.25, 0.3) is 0 Å². The first-order chi connectivity index (χ1) is 13.5. The first-order valence-corrected chi connectivity index (χ1v) is 10.4. The van der Waals surface area contributed by atoms with Crippen molar-refractivity contribution in [3.8, 4) is 0 Å². The summed E-state index contributed by atoms with van der Waals surface area (Å²) in [5, 5.41) is 4.90. The molecule has 2 aliphatic rings. The highest BCUT2D eigenvalue weighted by atomic mass is 32.1. The molecule has 6 nitrogen and oxygen atoms in total. The zero-order valence-corrected chi connectivity index (χ0v) is 16.6. The van der Waals surface area contributed by atoms with Crippen molar-refractivity contribution in [2.24, 2.45) is 0 Å². The topological polar surface area (TPSA) is 69.7 Å². The number of rotatable bonds is 6. The van der Waals surface area contributed by atoms with E-state index in [0.717, 1.165) is 4.88 Å². The molecular formula is C21H23N3O3S. The summed E-state index contributed by atoms with van der Waals surface area (Å²) in [4.78, 5) is 42.4. The van der Waals surface area contributed by atoms with Gasteiger partial charge in [-0.1, -0.05) is 18.2 Å². The van der Waals surface area contributed by atoms with E-state index in [1.807, 2.05) is 42.6 Å². The summed E-state index contributed by atoms with van der Waals surface area (Å²) >= 11 is 1.61. The molecule has 0 bridgehead atoms. The minimum absolute atomic E-state index is 0.0252. The van der Waals surface area contributed by atoms with Crippen molar-refractivity contribution in [3.63, 3.8) is 0 Å². The van der Waals surface area contributed by atoms with Crippen molar-refractivity contribution < 1.29 is 14.4 Å². The van der Waals surface area contributed by atoms with E-state index in [0.29, 0.717) is 50.0 Å². The fourth-order valence-corrected chi connectivity index (χ4v) is 4.77. The zero-order chi connectivity index (χ0) is 19.7. The van der Waals surface area contributed by atoms with E-state index < -0.39 is 5.66 Å². The Morgan fingerprint density at radius 1 is 1.21 bits per heavy atom. The van der Waals surface area contributed by atoms with Gasteiger partial charge in [0.1, 0.15) is 5.66 Å². The summed E-state index contributed by atoms with van der Waals surface area (Å²) in [5.41, 5.74) is 0.593. The van der Waals surface area contributed by atoms with E-state index in [4.69, 9.17) is 0 Å². The lowest BCUT2D eigenvalue weighted by Gasteiger charge is -2.48. The van der Waals surface area contributed by atoms with E-state index in [1.54, 1.807) is 27.2 Å². The Hall–Kier alpha value is -2.67. The van der Waals surface area contributed by atoms with Crippen LogP contribution in [-0.4, -0.2) is 34.8 Å². The second kappa shape index (κ2) is 7.39. The van der Waals surface area contributed by atoms with E-state index in [-0.39, 0.29) is 17.7 Å². The Bertz CT molecular complexity index is 911. The van der Waals surface area contributed by atoms with Gasteiger partial charge in [-0.15, -0.1) is 11.3 Å². The number of nitrogens with one attached hydrogen (secondary N) is 1. The number of carbonyl (C=O) groups excluding carboxylic acids is 3. The summed E-state index contributed by atoms with van der Waals surface area (Å²) in [6.07, 6.45) is 1.94. The van der Waals surface area contributed by atoms with Gasteiger partial charge >= 0.3 is 0 Å². The van der Waals surface area contributed by atoms with E-state index in [9.17, 15) is 14.4 Å². The van der Waals surface area contributed by atoms with Crippen LogP contribution < -0.4 is 10.2 Å². The molecule has 0 radical (unpaired) electrons. The maximum absolute atomic E-state index is 13.1. The van der Waals surface area contributed by atoms with E-state index in [2.05, 4.69) is 5.32 Å². The molecule has 1 atom stereocenters. The quantitative estimate of drug-likeness (QED) is 0.814. The maximum atomic E-state index is 13.1. The monoisotopic (exact) mass is 397 g/mol. The van der Waals surface area contributed by atoms with Crippen molar-refractivity contribution in [3.05, 3.63) is 52.2 Å². The highest BCUT2D eigenvalue weighted by Gasteiger charge is 2.52. The Kier molecular flexibility index (Phi) is 4.93. The molecular weight excluding hydrogens is 374 g/mol. The maximum Gasteiger partial charge on any atom is 0.257 e. The summed E-state index contributed by atoms with van der Waals surface area (Å²) in [5.74, 6) is -0.0491. The van der Waals surface area contributed by atoms with E-state index >= 15 is 0 Å². The number of fused-ring (bicyclic) bond motifs is 3. The zero-order valence-electron chi connectivity index (χ0n) is 15.8. The molecule has 1 aromatic carbocycles. The van der Waals surface area contributed by atoms with Crippen molar-refractivity contribution in [2.45, 2.75) is 44.8 Å². The second-order valence-electron chi connectivity index (χ2n) is 7.38. The third-order valence-corrected chi connectivity index (χ3v) is 6.45. The number of hydrogen-bond donors (Lipinski definition) is 1. The summed E-state index contributed by atoms with van der Waals surface area (Å²) in [7, 11) is 0. The largest absolute Gasteiger partial charge is 0.351 e. The molecule has 7 heteroatoms.